The summed E-state index contributed by atoms with van der Waals surface area (Å²) in [5.74, 6) is -0.511. The highest BCUT2D eigenvalue weighted by atomic mass is 16.6. The molecular formula is C23H42N2O6. The zero-order valence-electron chi connectivity index (χ0n) is 20.3. The number of alkyl carbamates (subject to hydrolysis) is 1. The highest BCUT2D eigenvalue weighted by molar-refractivity contribution is 5.84. The topological polar surface area (TPSA) is 103 Å². The fourth-order valence-corrected chi connectivity index (χ4v) is 3.62. The van der Waals surface area contributed by atoms with E-state index in [-0.39, 0.29) is 25.0 Å². The van der Waals surface area contributed by atoms with Crippen LogP contribution in [0.2, 0.25) is 0 Å². The predicted molar refractivity (Wildman–Crippen MR) is 119 cm³/mol. The van der Waals surface area contributed by atoms with Gasteiger partial charge in [-0.2, -0.15) is 0 Å². The van der Waals surface area contributed by atoms with E-state index in [9.17, 15) is 14.4 Å². The predicted octanol–water partition coefficient (Wildman–Crippen LogP) is 3.71. The van der Waals surface area contributed by atoms with Crippen LogP contribution in [0.25, 0.3) is 0 Å². The molecule has 1 aliphatic rings. The van der Waals surface area contributed by atoms with Gasteiger partial charge in [-0.05, 0) is 66.7 Å². The van der Waals surface area contributed by atoms with E-state index >= 15 is 0 Å². The van der Waals surface area contributed by atoms with Crippen molar-refractivity contribution in [2.45, 2.75) is 110 Å². The van der Waals surface area contributed by atoms with Gasteiger partial charge in [0, 0.05) is 12.5 Å². The number of carbonyl (C=O) groups excluding carboxylic acids is 3. The molecule has 0 aliphatic heterocycles. The number of rotatable bonds is 9. The molecule has 2 amide bonds. The molecule has 0 aromatic rings. The lowest BCUT2D eigenvalue weighted by molar-refractivity contribution is -0.148. The molecule has 0 saturated heterocycles. The number of nitrogens with one attached hydrogen (secondary N) is 2. The lowest BCUT2D eigenvalue weighted by atomic mass is 9.82. The maximum atomic E-state index is 12.6. The fraction of sp³-hybridized carbons (Fsp3) is 0.870. The minimum Gasteiger partial charge on any atom is -0.467 e. The Labute approximate surface area is 187 Å². The van der Waals surface area contributed by atoms with Crippen LogP contribution in [-0.2, 0) is 23.8 Å². The van der Waals surface area contributed by atoms with Crippen LogP contribution in [0, 0.1) is 5.92 Å². The van der Waals surface area contributed by atoms with Crippen molar-refractivity contribution in [3.63, 3.8) is 0 Å². The lowest BCUT2D eigenvalue weighted by Gasteiger charge is -2.32. The van der Waals surface area contributed by atoms with Crippen LogP contribution >= 0.6 is 0 Å². The summed E-state index contributed by atoms with van der Waals surface area (Å²) in [5, 5.41) is 5.68. The third kappa shape index (κ3) is 12.0. The monoisotopic (exact) mass is 442 g/mol. The van der Waals surface area contributed by atoms with E-state index in [0.717, 1.165) is 25.7 Å². The molecule has 8 heteroatoms. The summed E-state index contributed by atoms with van der Waals surface area (Å²) in [6, 6.07) is -1.02. The number of carbonyl (C=O) groups is 3. The SMILES string of the molecule is COC(=O)C(COC(C)(C)C)NC(=O)CC[C@@H](NC(=O)OC(C)(C)C)C1CCCCC1. The minimum absolute atomic E-state index is 0.0319. The maximum absolute atomic E-state index is 12.6. The summed E-state index contributed by atoms with van der Waals surface area (Å²) in [6.07, 6.45) is 5.68. The molecule has 180 valence electrons. The molecule has 0 bridgehead atoms. The molecule has 1 fully saturated rings. The van der Waals surface area contributed by atoms with E-state index in [0.29, 0.717) is 12.3 Å². The first kappa shape index (κ1) is 27.2. The Bertz CT molecular complexity index is 588. The van der Waals surface area contributed by atoms with Gasteiger partial charge in [-0.25, -0.2) is 9.59 Å². The number of hydrogen-bond acceptors (Lipinski definition) is 6. The Morgan fingerprint density at radius 3 is 2.06 bits per heavy atom. The van der Waals surface area contributed by atoms with Crippen LogP contribution < -0.4 is 10.6 Å². The first-order valence-corrected chi connectivity index (χ1v) is 11.3. The van der Waals surface area contributed by atoms with Crippen molar-refractivity contribution in [1.82, 2.24) is 10.6 Å². The maximum Gasteiger partial charge on any atom is 0.407 e. The Balaban J connectivity index is 2.70. The normalized spacial score (nSPS) is 17.4. The van der Waals surface area contributed by atoms with E-state index in [1.54, 1.807) is 0 Å². The molecule has 2 atom stereocenters. The summed E-state index contributed by atoms with van der Waals surface area (Å²) < 4.78 is 15.8. The van der Waals surface area contributed by atoms with E-state index in [2.05, 4.69) is 10.6 Å². The quantitative estimate of drug-likeness (QED) is 0.528. The van der Waals surface area contributed by atoms with Gasteiger partial charge in [0.1, 0.15) is 5.60 Å². The van der Waals surface area contributed by atoms with Crippen LogP contribution in [0.4, 0.5) is 4.79 Å². The zero-order chi connectivity index (χ0) is 23.7. The van der Waals surface area contributed by atoms with E-state index in [1.807, 2.05) is 41.5 Å². The second-order valence-corrected chi connectivity index (χ2v) is 10.3. The van der Waals surface area contributed by atoms with Gasteiger partial charge in [0.2, 0.25) is 5.91 Å². The summed E-state index contributed by atoms with van der Waals surface area (Å²) >= 11 is 0. The van der Waals surface area contributed by atoms with Crippen LogP contribution in [0.15, 0.2) is 0 Å². The number of methoxy groups -OCH3 is 1. The van der Waals surface area contributed by atoms with Crippen molar-refractivity contribution < 1.29 is 28.6 Å². The third-order valence-corrected chi connectivity index (χ3v) is 5.11. The van der Waals surface area contributed by atoms with Crippen molar-refractivity contribution in [3.8, 4) is 0 Å². The Hall–Kier alpha value is -1.83. The second kappa shape index (κ2) is 12.3. The molecule has 1 unspecified atom stereocenters. The molecule has 0 aromatic carbocycles. The highest BCUT2D eigenvalue weighted by Gasteiger charge is 2.29. The van der Waals surface area contributed by atoms with Gasteiger partial charge >= 0.3 is 12.1 Å². The van der Waals surface area contributed by atoms with Gasteiger partial charge < -0.3 is 24.8 Å². The fourth-order valence-electron chi connectivity index (χ4n) is 3.62. The van der Waals surface area contributed by atoms with Gasteiger partial charge in [0.25, 0.3) is 0 Å². The third-order valence-electron chi connectivity index (χ3n) is 5.11. The molecule has 1 saturated carbocycles. The Morgan fingerprint density at radius 2 is 1.55 bits per heavy atom. The largest absolute Gasteiger partial charge is 0.467 e. The van der Waals surface area contributed by atoms with E-state index < -0.39 is 29.3 Å². The van der Waals surface area contributed by atoms with Crippen molar-refractivity contribution in [2.75, 3.05) is 13.7 Å². The van der Waals surface area contributed by atoms with Gasteiger partial charge in [0.05, 0.1) is 19.3 Å². The molecule has 0 heterocycles. The van der Waals surface area contributed by atoms with Crippen molar-refractivity contribution in [2.24, 2.45) is 5.92 Å². The molecule has 0 radical (unpaired) electrons. The Morgan fingerprint density at radius 1 is 0.935 bits per heavy atom. The molecule has 31 heavy (non-hydrogen) atoms. The molecule has 1 rings (SSSR count). The van der Waals surface area contributed by atoms with Crippen molar-refractivity contribution >= 4 is 18.0 Å². The summed E-state index contributed by atoms with van der Waals surface area (Å²) in [6.45, 7) is 11.1. The minimum atomic E-state index is -0.872. The molecule has 1 aliphatic carbocycles. The first-order valence-electron chi connectivity index (χ1n) is 11.3. The van der Waals surface area contributed by atoms with Crippen molar-refractivity contribution in [3.05, 3.63) is 0 Å². The molecule has 8 nitrogen and oxygen atoms in total. The van der Waals surface area contributed by atoms with Gasteiger partial charge in [-0.1, -0.05) is 19.3 Å². The van der Waals surface area contributed by atoms with Crippen LogP contribution in [0.3, 0.4) is 0 Å². The van der Waals surface area contributed by atoms with Gasteiger partial charge in [0.15, 0.2) is 6.04 Å². The Kier molecular flexibility index (Phi) is 10.8. The number of amides is 2. The van der Waals surface area contributed by atoms with Crippen LogP contribution in [0.5, 0.6) is 0 Å². The van der Waals surface area contributed by atoms with Crippen molar-refractivity contribution in [1.29, 1.82) is 0 Å². The standard InChI is InChI=1S/C23H42N2O6/c1-22(2,3)30-15-18(20(27)29-7)24-19(26)14-13-17(16-11-9-8-10-12-16)25-21(28)31-23(4,5)6/h16-18H,8-15H2,1-7H3,(H,24,26)(H,25,28)/t17-,18?/m1/s1. The lowest BCUT2D eigenvalue weighted by Crippen LogP contribution is -2.47. The smallest absolute Gasteiger partial charge is 0.407 e. The van der Waals surface area contributed by atoms with E-state index in [1.165, 1.54) is 13.5 Å². The zero-order valence-corrected chi connectivity index (χ0v) is 20.3. The second-order valence-electron chi connectivity index (χ2n) is 10.3. The van der Waals surface area contributed by atoms with Crippen LogP contribution in [0.1, 0.15) is 86.5 Å². The molecule has 2 N–H and O–H groups in total. The summed E-state index contributed by atoms with van der Waals surface area (Å²) in [7, 11) is 1.28. The number of esters is 1. The molecule has 0 aromatic heterocycles. The highest BCUT2D eigenvalue weighted by Crippen LogP contribution is 2.28. The number of ether oxygens (including phenoxy) is 3. The van der Waals surface area contributed by atoms with Gasteiger partial charge in [-0.3, -0.25) is 4.79 Å². The number of hydrogen-bond donors (Lipinski definition) is 2. The molecule has 0 spiro atoms. The average Bonchev–Trinajstić information content (AvgIpc) is 2.66. The van der Waals surface area contributed by atoms with E-state index in [4.69, 9.17) is 14.2 Å². The first-order chi connectivity index (χ1) is 14.3. The average molecular weight is 443 g/mol. The molecular weight excluding hydrogens is 400 g/mol. The summed E-state index contributed by atoms with van der Waals surface area (Å²) in [4.78, 5) is 36.9. The summed E-state index contributed by atoms with van der Waals surface area (Å²) in [5.41, 5.74) is -1.03. The van der Waals surface area contributed by atoms with Gasteiger partial charge in [-0.15, -0.1) is 0 Å². The van der Waals surface area contributed by atoms with Crippen LogP contribution in [-0.4, -0.2) is 55.0 Å².